The Kier molecular flexibility index (Phi) is 3.97. The molecule has 0 radical (unpaired) electrons. The monoisotopic (exact) mass is 277 g/mol. The van der Waals surface area contributed by atoms with Gasteiger partial charge in [-0.15, -0.1) is 0 Å². The van der Waals surface area contributed by atoms with Crippen molar-refractivity contribution in [3.8, 4) is 0 Å². The summed E-state index contributed by atoms with van der Waals surface area (Å²) in [6, 6.07) is 8.15. The van der Waals surface area contributed by atoms with Crippen LogP contribution in [0.25, 0.3) is 0 Å². The Labute approximate surface area is 86.2 Å². The molecule has 0 heterocycles. The highest BCUT2D eigenvalue weighted by Crippen LogP contribution is 2.12. The fourth-order valence-corrected chi connectivity index (χ4v) is 1.35. The van der Waals surface area contributed by atoms with E-state index in [9.17, 15) is 0 Å². The van der Waals surface area contributed by atoms with E-state index in [-0.39, 0.29) is 6.04 Å². The van der Waals surface area contributed by atoms with Crippen LogP contribution in [0.15, 0.2) is 24.3 Å². The molecule has 12 heavy (non-hydrogen) atoms. The van der Waals surface area contributed by atoms with Crippen molar-refractivity contribution in [2.24, 2.45) is 5.73 Å². The molecule has 2 N–H and O–H groups in total. The molecule has 0 bridgehead atoms. The highest BCUT2D eigenvalue weighted by molar-refractivity contribution is 14.1. The Hall–Kier alpha value is -0.130. The first-order chi connectivity index (χ1) is 5.74. The molecule has 1 aromatic carbocycles. The number of halogens is 1. The predicted octanol–water partition coefficient (Wildman–Crippen LogP) is 1.94. The maximum absolute atomic E-state index is 5.83. The van der Waals surface area contributed by atoms with Crippen molar-refractivity contribution in [1.82, 2.24) is 0 Å². The quantitative estimate of drug-likeness (QED) is 0.857. The van der Waals surface area contributed by atoms with Crippen LogP contribution in [-0.2, 0) is 4.74 Å². The number of nitrogens with two attached hydrogens (primary N) is 1. The topological polar surface area (TPSA) is 35.2 Å². The molecule has 0 fully saturated rings. The second-order valence-electron chi connectivity index (χ2n) is 2.61. The van der Waals surface area contributed by atoms with Gasteiger partial charge in [0.2, 0.25) is 0 Å². The van der Waals surface area contributed by atoms with Crippen molar-refractivity contribution >= 4 is 22.6 Å². The molecule has 66 valence electrons. The van der Waals surface area contributed by atoms with Crippen molar-refractivity contribution in [2.45, 2.75) is 6.04 Å². The van der Waals surface area contributed by atoms with Crippen LogP contribution in [0.5, 0.6) is 0 Å². The van der Waals surface area contributed by atoms with E-state index in [1.165, 1.54) is 3.57 Å². The van der Waals surface area contributed by atoms with E-state index >= 15 is 0 Å². The Morgan fingerprint density at radius 2 is 2.00 bits per heavy atom. The van der Waals surface area contributed by atoms with Crippen LogP contribution in [0, 0.1) is 3.57 Å². The zero-order valence-corrected chi connectivity index (χ0v) is 9.11. The zero-order chi connectivity index (χ0) is 8.97. The van der Waals surface area contributed by atoms with Crippen LogP contribution in [0.4, 0.5) is 0 Å². The van der Waals surface area contributed by atoms with E-state index in [1.54, 1.807) is 7.11 Å². The molecule has 1 rings (SSSR count). The summed E-state index contributed by atoms with van der Waals surface area (Å²) in [6.07, 6.45) is 0. The minimum absolute atomic E-state index is 0.00741. The minimum Gasteiger partial charge on any atom is -0.383 e. The van der Waals surface area contributed by atoms with Crippen molar-refractivity contribution in [2.75, 3.05) is 13.7 Å². The van der Waals surface area contributed by atoms with Gasteiger partial charge in [0.05, 0.1) is 12.6 Å². The maximum Gasteiger partial charge on any atom is 0.0655 e. The molecule has 2 nitrogen and oxygen atoms in total. The summed E-state index contributed by atoms with van der Waals surface area (Å²) in [5, 5.41) is 0. The normalized spacial score (nSPS) is 12.9. The summed E-state index contributed by atoms with van der Waals surface area (Å²) in [5.74, 6) is 0. The second kappa shape index (κ2) is 4.79. The van der Waals surface area contributed by atoms with Crippen LogP contribution in [0.2, 0.25) is 0 Å². The highest BCUT2D eigenvalue weighted by Gasteiger charge is 2.03. The number of ether oxygens (including phenoxy) is 1. The van der Waals surface area contributed by atoms with Crippen molar-refractivity contribution < 1.29 is 4.74 Å². The average Bonchev–Trinajstić information content (AvgIpc) is 2.06. The molecule has 0 aliphatic heterocycles. The third-order valence-electron chi connectivity index (χ3n) is 1.64. The van der Waals surface area contributed by atoms with Gasteiger partial charge in [0.1, 0.15) is 0 Å². The summed E-state index contributed by atoms with van der Waals surface area (Å²) >= 11 is 2.27. The van der Waals surface area contributed by atoms with Gasteiger partial charge in [-0.05, 0) is 40.3 Å². The summed E-state index contributed by atoms with van der Waals surface area (Å²) in [7, 11) is 1.66. The summed E-state index contributed by atoms with van der Waals surface area (Å²) in [6.45, 7) is 0.570. The van der Waals surface area contributed by atoms with E-state index in [2.05, 4.69) is 22.6 Å². The minimum atomic E-state index is -0.00741. The van der Waals surface area contributed by atoms with Crippen LogP contribution >= 0.6 is 22.6 Å². The van der Waals surface area contributed by atoms with Gasteiger partial charge in [-0.1, -0.05) is 12.1 Å². The van der Waals surface area contributed by atoms with Gasteiger partial charge in [0.15, 0.2) is 0 Å². The molecule has 0 spiro atoms. The SMILES string of the molecule is COC[C@@H](N)c1ccc(I)cc1. The van der Waals surface area contributed by atoms with Crippen molar-refractivity contribution in [3.05, 3.63) is 33.4 Å². The lowest BCUT2D eigenvalue weighted by atomic mass is 10.1. The fraction of sp³-hybridized carbons (Fsp3) is 0.333. The molecule has 0 saturated carbocycles. The first kappa shape index (κ1) is 9.95. The lowest BCUT2D eigenvalue weighted by molar-refractivity contribution is 0.181. The molecule has 0 unspecified atom stereocenters. The molecule has 0 saturated heterocycles. The highest BCUT2D eigenvalue weighted by atomic mass is 127. The van der Waals surface area contributed by atoms with E-state index in [0.717, 1.165) is 5.56 Å². The number of hydrogen-bond donors (Lipinski definition) is 1. The molecule has 3 heteroatoms. The van der Waals surface area contributed by atoms with E-state index in [1.807, 2.05) is 24.3 Å². The van der Waals surface area contributed by atoms with Gasteiger partial charge in [-0.2, -0.15) is 0 Å². The van der Waals surface area contributed by atoms with E-state index in [4.69, 9.17) is 10.5 Å². The van der Waals surface area contributed by atoms with Gasteiger partial charge in [0.25, 0.3) is 0 Å². The number of benzene rings is 1. The second-order valence-corrected chi connectivity index (χ2v) is 3.86. The van der Waals surface area contributed by atoms with Gasteiger partial charge in [0, 0.05) is 10.7 Å². The van der Waals surface area contributed by atoms with Gasteiger partial charge in [-0.25, -0.2) is 0 Å². The lowest BCUT2D eigenvalue weighted by Crippen LogP contribution is -2.15. The lowest BCUT2D eigenvalue weighted by Gasteiger charge is -2.10. The smallest absolute Gasteiger partial charge is 0.0655 e. The zero-order valence-electron chi connectivity index (χ0n) is 6.96. The average molecular weight is 277 g/mol. The van der Waals surface area contributed by atoms with Crippen LogP contribution in [-0.4, -0.2) is 13.7 Å². The summed E-state index contributed by atoms with van der Waals surface area (Å²) in [4.78, 5) is 0. The molecule has 0 amide bonds. The van der Waals surface area contributed by atoms with Gasteiger partial charge in [-0.3, -0.25) is 0 Å². The third-order valence-corrected chi connectivity index (χ3v) is 2.36. The van der Waals surface area contributed by atoms with Crippen LogP contribution in [0.1, 0.15) is 11.6 Å². The largest absolute Gasteiger partial charge is 0.383 e. The molecule has 1 atom stereocenters. The number of hydrogen-bond acceptors (Lipinski definition) is 2. The van der Waals surface area contributed by atoms with Crippen molar-refractivity contribution in [3.63, 3.8) is 0 Å². The van der Waals surface area contributed by atoms with Gasteiger partial charge >= 0.3 is 0 Å². The van der Waals surface area contributed by atoms with Crippen LogP contribution < -0.4 is 5.73 Å². The molecular weight excluding hydrogens is 265 g/mol. The maximum atomic E-state index is 5.83. The van der Waals surface area contributed by atoms with Crippen molar-refractivity contribution in [1.29, 1.82) is 0 Å². The molecule has 0 aliphatic rings. The van der Waals surface area contributed by atoms with Gasteiger partial charge < -0.3 is 10.5 Å². The predicted molar refractivity (Wildman–Crippen MR) is 58.0 cm³/mol. The van der Waals surface area contributed by atoms with Crippen LogP contribution in [0.3, 0.4) is 0 Å². The first-order valence-corrected chi connectivity index (χ1v) is 4.82. The Bertz CT molecular complexity index is 235. The summed E-state index contributed by atoms with van der Waals surface area (Å²) in [5.41, 5.74) is 6.95. The molecule has 0 aliphatic carbocycles. The first-order valence-electron chi connectivity index (χ1n) is 3.74. The molecule has 0 aromatic heterocycles. The molecular formula is C9H12INO. The standard InChI is InChI=1S/C9H12INO/c1-12-6-9(11)7-2-4-8(10)5-3-7/h2-5,9H,6,11H2,1H3/t9-/m1/s1. The Balaban J connectivity index is 2.68. The fourth-order valence-electron chi connectivity index (χ4n) is 0.986. The summed E-state index contributed by atoms with van der Waals surface area (Å²) < 4.78 is 6.18. The Morgan fingerprint density at radius 1 is 1.42 bits per heavy atom. The van der Waals surface area contributed by atoms with E-state index in [0.29, 0.717) is 6.61 Å². The van der Waals surface area contributed by atoms with E-state index < -0.39 is 0 Å². The molecule has 1 aromatic rings. The third kappa shape index (κ3) is 2.73. The number of methoxy groups -OCH3 is 1. The Morgan fingerprint density at radius 3 is 2.50 bits per heavy atom. The number of rotatable bonds is 3.